The van der Waals surface area contributed by atoms with Crippen molar-refractivity contribution < 1.29 is 45.4 Å². The molecular weight excluding hydrogens is 353 g/mol. The third-order valence-electron chi connectivity index (χ3n) is 2.57. The molecule has 2 N–H and O–H groups in total. The first kappa shape index (κ1) is 19.4. The molecule has 5 nitrogen and oxygen atoms in total. The van der Waals surface area contributed by atoms with Gasteiger partial charge in [0.25, 0.3) is 0 Å². The number of aromatic carboxylic acids is 1. The Labute approximate surface area is 128 Å². The van der Waals surface area contributed by atoms with Gasteiger partial charge in [-0.3, -0.25) is 4.79 Å². The van der Waals surface area contributed by atoms with Crippen LogP contribution in [0.5, 0.6) is 0 Å². The number of carboxylic acids is 1. The zero-order valence-corrected chi connectivity index (χ0v) is 11.2. The zero-order chi connectivity index (χ0) is 18.8. The quantitative estimate of drug-likeness (QED) is 0.481. The van der Waals surface area contributed by atoms with Gasteiger partial charge in [0.2, 0.25) is 0 Å². The van der Waals surface area contributed by atoms with Crippen LogP contribution in [0.15, 0.2) is 29.4 Å². The molecule has 0 aromatic heterocycles. The summed E-state index contributed by atoms with van der Waals surface area (Å²) >= 11 is 0. The molecule has 24 heavy (non-hydrogen) atoms. The number of hydrazone groups is 1. The van der Waals surface area contributed by atoms with Gasteiger partial charge in [-0.1, -0.05) is 12.1 Å². The molecule has 0 heterocycles. The molecule has 1 amide bonds. The normalized spacial score (nSPS) is 13.1. The maximum atomic E-state index is 12.9. The van der Waals surface area contributed by atoms with Crippen molar-refractivity contribution in [3.8, 4) is 0 Å². The lowest BCUT2D eigenvalue weighted by molar-refractivity contribution is -0.344. The third kappa shape index (κ3) is 3.81. The van der Waals surface area contributed by atoms with Crippen LogP contribution in [0.1, 0.15) is 15.9 Å². The van der Waals surface area contributed by atoms with Gasteiger partial charge in [-0.15, -0.1) is 0 Å². The van der Waals surface area contributed by atoms with Gasteiger partial charge >= 0.3 is 29.9 Å². The fourth-order valence-corrected chi connectivity index (χ4v) is 1.27. The first-order valence-corrected chi connectivity index (χ1v) is 5.80. The molecule has 0 bridgehead atoms. The highest BCUT2D eigenvalue weighted by Crippen LogP contribution is 2.46. The second-order valence-corrected chi connectivity index (χ2v) is 4.27. The van der Waals surface area contributed by atoms with Gasteiger partial charge in [-0.2, -0.15) is 35.8 Å². The molecule has 132 valence electrons. The van der Waals surface area contributed by atoms with Crippen LogP contribution in [-0.2, 0) is 4.79 Å². The molecule has 12 heteroatoms. The number of amides is 1. The maximum Gasteiger partial charge on any atom is 0.460 e. The minimum atomic E-state index is -6.63. The maximum absolute atomic E-state index is 12.9. The number of halogens is 7. The standard InChI is InChI=1S/C12H7F7N2O3/c13-10(14,11(15,16)12(17,18)19)9(24)21-20-5-6-1-3-7(4-2-6)8(22)23/h1-5H,(H,21,24)(H,22,23)/b20-5+. The van der Waals surface area contributed by atoms with Crippen molar-refractivity contribution in [3.63, 3.8) is 0 Å². The number of benzene rings is 1. The predicted molar refractivity (Wildman–Crippen MR) is 65.1 cm³/mol. The van der Waals surface area contributed by atoms with E-state index in [4.69, 9.17) is 5.11 Å². The van der Waals surface area contributed by atoms with Gasteiger partial charge in [0, 0.05) is 0 Å². The Hall–Kier alpha value is -2.66. The Kier molecular flexibility index (Phi) is 5.21. The minimum Gasteiger partial charge on any atom is -0.478 e. The Bertz CT molecular complexity index is 654. The van der Waals surface area contributed by atoms with Crippen molar-refractivity contribution in [2.24, 2.45) is 5.10 Å². The van der Waals surface area contributed by atoms with Crippen LogP contribution in [0, 0.1) is 0 Å². The Morgan fingerprint density at radius 3 is 1.92 bits per heavy atom. The average Bonchev–Trinajstić information content (AvgIpc) is 2.46. The topological polar surface area (TPSA) is 78.8 Å². The molecule has 1 rings (SSSR count). The number of nitrogens with one attached hydrogen (secondary N) is 1. The van der Waals surface area contributed by atoms with Crippen LogP contribution in [0.25, 0.3) is 0 Å². The molecule has 0 atom stereocenters. The van der Waals surface area contributed by atoms with Crippen LogP contribution in [0.4, 0.5) is 30.7 Å². The number of alkyl halides is 7. The SMILES string of the molecule is O=C(O)c1ccc(/C=N/NC(=O)C(F)(F)C(F)(F)C(F)(F)F)cc1. The van der Waals surface area contributed by atoms with Gasteiger partial charge in [0.1, 0.15) is 0 Å². The summed E-state index contributed by atoms with van der Waals surface area (Å²) in [5.41, 5.74) is 0.801. The molecule has 0 saturated carbocycles. The van der Waals surface area contributed by atoms with Gasteiger partial charge < -0.3 is 5.11 Å². The summed E-state index contributed by atoms with van der Waals surface area (Å²) in [5, 5.41) is 11.4. The first-order chi connectivity index (χ1) is 10.8. The summed E-state index contributed by atoms with van der Waals surface area (Å²) < 4.78 is 86.7. The fourth-order valence-electron chi connectivity index (χ4n) is 1.27. The van der Waals surface area contributed by atoms with Crippen molar-refractivity contribution in [3.05, 3.63) is 35.4 Å². The van der Waals surface area contributed by atoms with Crippen molar-refractivity contribution in [1.82, 2.24) is 5.43 Å². The van der Waals surface area contributed by atoms with E-state index < -0.39 is 29.9 Å². The van der Waals surface area contributed by atoms with E-state index in [0.717, 1.165) is 29.7 Å². The van der Waals surface area contributed by atoms with Crippen molar-refractivity contribution in [2.45, 2.75) is 18.0 Å². The Morgan fingerprint density at radius 2 is 1.50 bits per heavy atom. The lowest BCUT2D eigenvalue weighted by Crippen LogP contribution is -2.58. The lowest BCUT2D eigenvalue weighted by Gasteiger charge is -2.26. The van der Waals surface area contributed by atoms with Crippen LogP contribution < -0.4 is 5.43 Å². The highest BCUT2D eigenvalue weighted by molar-refractivity contribution is 5.90. The Balaban J connectivity index is 2.82. The lowest BCUT2D eigenvalue weighted by atomic mass is 10.1. The predicted octanol–water partition coefficient (Wildman–Crippen LogP) is 2.67. The summed E-state index contributed by atoms with van der Waals surface area (Å²) in [4.78, 5) is 21.4. The zero-order valence-electron chi connectivity index (χ0n) is 11.2. The molecule has 0 fully saturated rings. The van der Waals surface area contributed by atoms with E-state index in [0.29, 0.717) is 6.21 Å². The van der Waals surface area contributed by atoms with E-state index >= 15 is 0 Å². The second kappa shape index (κ2) is 6.45. The van der Waals surface area contributed by atoms with Gasteiger partial charge in [0.05, 0.1) is 11.8 Å². The van der Waals surface area contributed by atoms with E-state index in [1.54, 1.807) is 0 Å². The molecule has 0 radical (unpaired) electrons. The number of hydrogen-bond donors (Lipinski definition) is 2. The average molecular weight is 360 g/mol. The molecule has 0 unspecified atom stereocenters. The van der Waals surface area contributed by atoms with Gasteiger partial charge in [0.15, 0.2) is 0 Å². The molecule has 0 aliphatic heterocycles. The minimum absolute atomic E-state index is 0.0613. The van der Waals surface area contributed by atoms with E-state index in [1.165, 1.54) is 0 Å². The van der Waals surface area contributed by atoms with E-state index in [9.17, 15) is 40.3 Å². The monoisotopic (exact) mass is 360 g/mol. The molecule has 0 saturated heterocycles. The van der Waals surface area contributed by atoms with Crippen LogP contribution >= 0.6 is 0 Å². The second-order valence-electron chi connectivity index (χ2n) is 4.27. The number of nitrogens with zero attached hydrogens (tertiary/aromatic N) is 1. The molecule has 1 aromatic carbocycles. The third-order valence-corrected chi connectivity index (χ3v) is 2.57. The molecule has 0 aliphatic carbocycles. The molecule has 0 spiro atoms. The van der Waals surface area contributed by atoms with Crippen LogP contribution in [0.2, 0.25) is 0 Å². The van der Waals surface area contributed by atoms with Crippen molar-refractivity contribution in [1.29, 1.82) is 0 Å². The van der Waals surface area contributed by atoms with E-state index in [2.05, 4.69) is 5.10 Å². The number of carboxylic acid groups (broad SMARTS) is 1. The van der Waals surface area contributed by atoms with Crippen molar-refractivity contribution in [2.75, 3.05) is 0 Å². The number of carbonyl (C=O) groups is 2. The fraction of sp³-hybridized carbons (Fsp3) is 0.250. The molecule has 1 aromatic rings. The summed E-state index contributed by atoms with van der Waals surface area (Å²) in [5.74, 6) is -16.9. The van der Waals surface area contributed by atoms with E-state index in [-0.39, 0.29) is 11.1 Å². The Morgan fingerprint density at radius 1 is 1.00 bits per heavy atom. The highest BCUT2D eigenvalue weighted by atomic mass is 19.4. The van der Waals surface area contributed by atoms with Gasteiger partial charge in [-0.05, 0) is 17.7 Å². The van der Waals surface area contributed by atoms with Gasteiger partial charge in [-0.25, -0.2) is 10.2 Å². The number of rotatable bonds is 5. The summed E-state index contributed by atoms with van der Waals surface area (Å²) in [6.07, 6.45) is -5.99. The van der Waals surface area contributed by atoms with Crippen LogP contribution in [0.3, 0.4) is 0 Å². The van der Waals surface area contributed by atoms with Crippen molar-refractivity contribution >= 4 is 18.1 Å². The summed E-state index contributed by atoms with van der Waals surface area (Å²) in [7, 11) is 0. The smallest absolute Gasteiger partial charge is 0.460 e. The summed E-state index contributed by atoms with van der Waals surface area (Å²) in [6.45, 7) is 0. The highest BCUT2D eigenvalue weighted by Gasteiger charge is 2.76. The summed E-state index contributed by atoms with van der Waals surface area (Å²) in [6, 6.07) is 4.42. The van der Waals surface area contributed by atoms with E-state index in [1.807, 2.05) is 0 Å². The molecule has 0 aliphatic rings. The largest absolute Gasteiger partial charge is 0.478 e. The molecular formula is C12H7F7N2O3. The van der Waals surface area contributed by atoms with Crippen LogP contribution in [-0.4, -0.2) is 41.2 Å². The first-order valence-electron chi connectivity index (χ1n) is 5.80. The number of carbonyl (C=O) groups excluding carboxylic acids is 1. The number of hydrogen-bond acceptors (Lipinski definition) is 3.